The Bertz CT molecular complexity index is 460. The van der Waals surface area contributed by atoms with Crippen LogP contribution in [-0.4, -0.2) is 40.6 Å². The lowest BCUT2D eigenvalue weighted by molar-refractivity contribution is -0.137. The SMILES string of the molecule is Cc1ccc(NC(=O)N(C)CCC(=O)O)c(C)n1. The number of carbonyl (C=O) groups is 2. The molecule has 0 unspecified atom stereocenters. The molecule has 0 aliphatic heterocycles. The van der Waals surface area contributed by atoms with E-state index in [4.69, 9.17) is 5.11 Å². The molecule has 1 heterocycles. The number of nitrogens with one attached hydrogen (secondary N) is 1. The Hall–Kier alpha value is -2.11. The molecule has 0 saturated carbocycles. The fourth-order valence-electron chi connectivity index (χ4n) is 1.39. The quantitative estimate of drug-likeness (QED) is 0.852. The molecule has 1 rings (SSSR count). The summed E-state index contributed by atoms with van der Waals surface area (Å²) in [5.41, 5.74) is 2.24. The molecule has 0 aliphatic rings. The Morgan fingerprint density at radius 1 is 1.39 bits per heavy atom. The summed E-state index contributed by atoms with van der Waals surface area (Å²) in [4.78, 5) is 27.7. The molecule has 98 valence electrons. The van der Waals surface area contributed by atoms with Gasteiger partial charge in [0.15, 0.2) is 0 Å². The number of aryl methyl sites for hydroxylation is 2. The molecule has 0 radical (unpaired) electrons. The molecule has 1 aromatic rings. The summed E-state index contributed by atoms with van der Waals surface area (Å²) in [7, 11) is 1.55. The average Bonchev–Trinajstić information content (AvgIpc) is 2.29. The molecule has 2 N–H and O–H groups in total. The van der Waals surface area contributed by atoms with Crippen LogP contribution in [0.2, 0.25) is 0 Å². The van der Waals surface area contributed by atoms with Crippen LogP contribution >= 0.6 is 0 Å². The second-order valence-electron chi connectivity index (χ2n) is 4.08. The first-order chi connectivity index (χ1) is 8.40. The highest BCUT2D eigenvalue weighted by Gasteiger charge is 2.11. The monoisotopic (exact) mass is 251 g/mol. The van der Waals surface area contributed by atoms with E-state index in [1.165, 1.54) is 4.90 Å². The van der Waals surface area contributed by atoms with Crippen molar-refractivity contribution in [2.24, 2.45) is 0 Å². The zero-order valence-electron chi connectivity index (χ0n) is 10.7. The third kappa shape index (κ3) is 4.04. The van der Waals surface area contributed by atoms with Crippen molar-refractivity contribution in [3.8, 4) is 0 Å². The molecule has 6 heteroatoms. The van der Waals surface area contributed by atoms with E-state index >= 15 is 0 Å². The van der Waals surface area contributed by atoms with Crippen molar-refractivity contribution in [2.45, 2.75) is 20.3 Å². The number of amides is 2. The smallest absolute Gasteiger partial charge is 0.321 e. The molecule has 0 atom stereocenters. The maximum atomic E-state index is 11.8. The second kappa shape index (κ2) is 6.00. The van der Waals surface area contributed by atoms with Gasteiger partial charge in [0, 0.05) is 19.3 Å². The lowest BCUT2D eigenvalue weighted by Crippen LogP contribution is -2.33. The number of carboxylic acid groups (broad SMARTS) is 1. The Morgan fingerprint density at radius 3 is 2.61 bits per heavy atom. The van der Waals surface area contributed by atoms with E-state index < -0.39 is 5.97 Å². The van der Waals surface area contributed by atoms with Gasteiger partial charge in [-0.05, 0) is 26.0 Å². The number of anilines is 1. The van der Waals surface area contributed by atoms with Crippen LogP contribution in [0.15, 0.2) is 12.1 Å². The molecule has 0 saturated heterocycles. The fraction of sp³-hybridized carbons (Fsp3) is 0.417. The summed E-state index contributed by atoms with van der Waals surface area (Å²) in [6.07, 6.45) is -0.0744. The van der Waals surface area contributed by atoms with E-state index in [0.29, 0.717) is 5.69 Å². The van der Waals surface area contributed by atoms with Gasteiger partial charge in [-0.1, -0.05) is 0 Å². The number of carboxylic acids is 1. The van der Waals surface area contributed by atoms with Crippen LogP contribution in [-0.2, 0) is 4.79 Å². The topological polar surface area (TPSA) is 82.5 Å². The highest BCUT2D eigenvalue weighted by Crippen LogP contribution is 2.13. The molecule has 2 amide bonds. The minimum atomic E-state index is -0.928. The van der Waals surface area contributed by atoms with E-state index in [0.717, 1.165) is 11.4 Å². The largest absolute Gasteiger partial charge is 0.481 e. The van der Waals surface area contributed by atoms with Crippen LogP contribution in [0.25, 0.3) is 0 Å². The van der Waals surface area contributed by atoms with E-state index in [1.54, 1.807) is 26.1 Å². The van der Waals surface area contributed by atoms with Crippen molar-refractivity contribution in [3.05, 3.63) is 23.5 Å². The molecule has 0 spiro atoms. The first-order valence-corrected chi connectivity index (χ1v) is 5.58. The number of aromatic nitrogens is 1. The maximum Gasteiger partial charge on any atom is 0.321 e. The first kappa shape index (κ1) is 14.0. The number of aliphatic carboxylic acids is 1. The third-order valence-electron chi connectivity index (χ3n) is 2.47. The van der Waals surface area contributed by atoms with E-state index in [9.17, 15) is 9.59 Å². The number of hydrogen-bond acceptors (Lipinski definition) is 3. The number of carbonyl (C=O) groups excluding carboxylic acids is 1. The van der Waals surface area contributed by atoms with Gasteiger partial charge in [0.1, 0.15) is 0 Å². The first-order valence-electron chi connectivity index (χ1n) is 5.58. The molecule has 0 fully saturated rings. The van der Waals surface area contributed by atoms with Crippen LogP contribution in [0.4, 0.5) is 10.5 Å². The predicted molar refractivity (Wildman–Crippen MR) is 67.6 cm³/mol. The fourth-order valence-corrected chi connectivity index (χ4v) is 1.39. The third-order valence-corrected chi connectivity index (χ3v) is 2.47. The zero-order valence-corrected chi connectivity index (χ0v) is 10.7. The Balaban J connectivity index is 2.61. The summed E-state index contributed by atoms with van der Waals surface area (Å²) in [6.45, 7) is 3.84. The number of urea groups is 1. The predicted octanol–water partition coefficient (Wildman–Crippen LogP) is 1.64. The standard InChI is InChI=1S/C12H17N3O3/c1-8-4-5-10(9(2)13-8)14-12(18)15(3)7-6-11(16)17/h4-5H,6-7H2,1-3H3,(H,14,18)(H,16,17). The Kier molecular flexibility index (Phi) is 4.65. The van der Waals surface area contributed by atoms with Crippen molar-refractivity contribution >= 4 is 17.7 Å². The van der Waals surface area contributed by atoms with Crippen molar-refractivity contribution < 1.29 is 14.7 Å². The Morgan fingerprint density at radius 2 is 2.06 bits per heavy atom. The minimum absolute atomic E-state index is 0.0744. The van der Waals surface area contributed by atoms with Gasteiger partial charge in [-0.15, -0.1) is 0 Å². The normalized spacial score (nSPS) is 9.94. The van der Waals surface area contributed by atoms with Crippen LogP contribution in [0.5, 0.6) is 0 Å². The molecule has 18 heavy (non-hydrogen) atoms. The molecular formula is C12H17N3O3. The summed E-state index contributed by atoms with van der Waals surface area (Å²) in [5.74, 6) is -0.928. The van der Waals surface area contributed by atoms with E-state index in [2.05, 4.69) is 10.3 Å². The van der Waals surface area contributed by atoms with Gasteiger partial charge in [0.05, 0.1) is 17.8 Å². The van der Waals surface area contributed by atoms with Crippen LogP contribution in [0, 0.1) is 13.8 Å². The van der Waals surface area contributed by atoms with Gasteiger partial charge in [0.2, 0.25) is 0 Å². The number of hydrogen-bond donors (Lipinski definition) is 2. The van der Waals surface area contributed by atoms with Crippen molar-refractivity contribution in [1.82, 2.24) is 9.88 Å². The number of rotatable bonds is 4. The number of pyridine rings is 1. The minimum Gasteiger partial charge on any atom is -0.481 e. The van der Waals surface area contributed by atoms with Crippen LogP contribution < -0.4 is 5.32 Å². The molecule has 0 bridgehead atoms. The maximum absolute atomic E-state index is 11.8. The highest BCUT2D eigenvalue weighted by atomic mass is 16.4. The number of nitrogens with zero attached hydrogens (tertiary/aromatic N) is 2. The van der Waals surface area contributed by atoms with E-state index in [1.807, 2.05) is 6.92 Å². The Labute approximate surface area is 106 Å². The van der Waals surface area contributed by atoms with Crippen molar-refractivity contribution in [1.29, 1.82) is 0 Å². The van der Waals surface area contributed by atoms with Gasteiger partial charge in [-0.2, -0.15) is 0 Å². The summed E-state index contributed by atoms with van der Waals surface area (Å²) < 4.78 is 0. The zero-order chi connectivity index (χ0) is 13.7. The summed E-state index contributed by atoms with van der Waals surface area (Å²) >= 11 is 0. The lowest BCUT2D eigenvalue weighted by Gasteiger charge is -2.17. The summed E-state index contributed by atoms with van der Waals surface area (Å²) in [5, 5.41) is 11.2. The molecular weight excluding hydrogens is 234 g/mol. The van der Waals surface area contributed by atoms with Crippen LogP contribution in [0.3, 0.4) is 0 Å². The molecule has 0 aromatic carbocycles. The lowest BCUT2D eigenvalue weighted by atomic mass is 10.3. The van der Waals surface area contributed by atoms with Crippen molar-refractivity contribution in [2.75, 3.05) is 18.9 Å². The van der Waals surface area contributed by atoms with Crippen molar-refractivity contribution in [3.63, 3.8) is 0 Å². The molecule has 0 aliphatic carbocycles. The van der Waals surface area contributed by atoms with Gasteiger partial charge in [-0.25, -0.2) is 4.79 Å². The van der Waals surface area contributed by atoms with Crippen LogP contribution in [0.1, 0.15) is 17.8 Å². The van der Waals surface area contributed by atoms with E-state index in [-0.39, 0.29) is 19.0 Å². The van der Waals surface area contributed by atoms with Gasteiger partial charge >= 0.3 is 12.0 Å². The molecule has 1 aromatic heterocycles. The van der Waals surface area contributed by atoms with Gasteiger partial charge < -0.3 is 15.3 Å². The van der Waals surface area contributed by atoms with Gasteiger partial charge in [0.25, 0.3) is 0 Å². The average molecular weight is 251 g/mol. The van der Waals surface area contributed by atoms with Gasteiger partial charge in [-0.3, -0.25) is 9.78 Å². The summed E-state index contributed by atoms with van der Waals surface area (Å²) in [6, 6.07) is 3.24. The second-order valence-corrected chi connectivity index (χ2v) is 4.08. The highest BCUT2D eigenvalue weighted by molar-refractivity contribution is 5.89. The molecule has 6 nitrogen and oxygen atoms in total.